The van der Waals surface area contributed by atoms with Crippen molar-refractivity contribution in [3.8, 4) is 5.88 Å². The Morgan fingerprint density at radius 3 is 2.54 bits per heavy atom. The van der Waals surface area contributed by atoms with Gasteiger partial charge in [-0.1, -0.05) is 12.1 Å². The number of hydrogen-bond donors (Lipinski definition) is 2. The number of anilines is 1. The third-order valence-electron chi connectivity index (χ3n) is 3.02. The first-order valence-electron chi connectivity index (χ1n) is 7.07. The predicted octanol–water partition coefficient (Wildman–Crippen LogP) is 2.46. The van der Waals surface area contributed by atoms with Gasteiger partial charge in [0.25, 0.3) is 0 Å². The summed E-state index contributed by atoms with van der Waals surface area (Å²) < 4.78 is 40.9. The fraction of sp³-hybridized carbons (Fsp3) is 0.250. The summed E-state index contributed by atoms with van der Waals surface area (Å²) >= 11 is 0. The number of rotatable bonds is 6. The smallest absolute Gasteiger partial charge is 0.422 e. The Morgan fingerprint density at radius 2 is 1.88 bits per heavy atom. The van der Waals surface area contributed by atoms with Gasteiger partial charge in [-0.15, -0.1) is 0 Å². The van der Waals surface area contributed by atoms with Crippen molar-refractivity contribution in [3.63, 3.8) is 0 Å². The molecule has 2 rings (SSSR count). The fourth-order valence-corrected chi connectivity index (χ4v) is 1.88. The highest BCUT2D eigenvalue weighted by Gasteiger charge is 2.28. The van der Waals surface area contributed by atoms with E-state index in [0.717, 1.165) is 5.56 Å². The van der Waals surface area contributed by atoms with Gasteiger partial charge in [-0.25, -0.2) is 4.98 Å². The van der Waals surface area contributed by atoms with E-state index in [0.29, 0.717) is 11.3 Å². The molecule has 0 unspecified atom stereocenters. The van der Waals surface area contributed by atoms with Gasteiger partial charge in [0.05, 0.1) is 6.42 Å². The van der Waals surface area contributed by atoms with E-state index in [9.17, 15) is 18.0 Å². The minimum Gasteiger partial charge on any atom is -0.468 e. The maximum absolute atomic E-state index is 12.1. The first-order valence-corrected chi connectivity index (χ1v) is 7.07. The molecule has 0 aliphatic rings. The maximum Gasteiger partial charge on any atom is 0.422 e. The van der Waals surface area contributed by atoms with Crippen LogP contribution < -0.4 is 15.8 Å². The van der Waals surface area contributed by atoms with Gasteiger partial charge in [0, 0.05) is 24.5 Å². The van der Waals surface area contributed by atoms with E-state index in [4.69, 9.17) is 5.73 Å². The Kier molecular flexibility index (Phi) is 5.62. The summed E-state index contributed by atoms with van der Waals surface area (Å²) in [6.07, 6.45) is -2.92. The molecule has 128 valence electrons. The number of nitrogens with zero attached hydrogens (tertiary/aromatic N) is 1. The number of nitrogens with one attached hydrogen (secondary N) is 1. The Bertz CT molecular complexity index is 688. The van der Waals surface area contributed by atoms with Gasteiger partial charge < -0.3 is 15.8 Å². The second-order valence-corrected chi connectivity index (χ2v) is 5.10. The van der Waals surface area contributed by atoms with Gasteiger partial charge in [0.2, 0.25) is 11.8 Å². The van der Waals surface area contributed by atoms with Crippen LogP contribution >= 0.6 is 0 Å². The monoisotopic (exact) mass is 339 g/mol. The summed E-state index contributed by atoms with van der Waals surface area (Å²) in [6.45, 7) is -1.24. The largest absolute Gasteiger partial charge is 0.468 e. The number of halogens is 3. The Balaban J connectivity index is 1.85. The average Bonchev–Trinajstić information content (AvgIpc) is 2.53. The van der Waals surface area contributed by atoms with Crippen LogP contribution in [0, 0.1) is 0 Å². The van der Waals surface area contributed by atoms with Crippen molar-refractivity contribution in [2.75, 3.05) is 12.3 Å². The van der Waals surface area contributed by atoms with E-state index in [-0.39, 0.29) is 24.8 Å². The summed E-state index contributed by atoms with van der Waals surface area (Å²) in [5.74, 6) is -0.355. The Hall–Kier alpha value is -2.77. The molecule has 3 N–H and O–H groups in total. The standard InChI is InChI=1S/C16H16F3N3O2/c17-16(18,19)10-24-15-8-12(5-6-21-15)9-22-14(23)7-11-1-3-13(20)4-2-11/h1-6,8H,7,9-10,20H2,(H,22,23). The predicted molar refractivity (Wildman–Crippen MR) is 82.2 cm³/mol. The lowest BCUT2D eigenvalue weighted by molar-refractivity contribution is -0.154. The number of aromatic nitrogens is 1. The number of carbonyl (C=O) groups excluding carboxylic acids is 1. The van der Waals surface area contributed by atoms with Crippen molar-refractivity contribution in [1.82, 2.24) is 10.3 Å². The van der Waals surface area contributed by atoms with E-state index in [1.54, 1.807) is 30.3 Å². The molecule has 0 aliphatic heterocycles. The van der Waals surface area contributed by atoms with E-state index in [2.05, 4.69) is 15.0 Å². The molecule has 1 aromatic carbocycles. The van der Waals surface area contributed by atoms with Crippen LogP contribution in [0.2, 0.25) is 0 Å². The number of alkyl halides is 3. The third-order valence-corrected chi connectivity index (χ3v) is 3.02. The van der Waals surface area contributed by atoms with Crippen LogP contribution in [0.15, 0.2) is 42.6 Å². The van der Waals surface area contributed by atoms with Gasteiger partial charge in [0.1, 0.15) is 0 Å². The number of ether oxygens (including phenoxy) is 1. The molecule has 0 atom stereocenters. The number of pyridine rings is 1. The number of carbonyl (C=O) groups is 1. The molecule has 2 aromatic rings. The third kappa shape index (κ3) is 6.15. The van der Waals surface area contributed by atoms with Crippen LogP contribution in [0.1, 0.15) is 11.1 Å². The first kappa shape index (κ1) is 17.6. The van der Waals surface area contributed by atoms with Crippen molar-refractivity contribution in [2.24, 2.45) is 0 Å². The van der Waals surface area contributed by atoms with Crippen molar-refractivity contribution in [1.29, 1.82) is 0 Å². The number of hydrogen-bond acceptors (Lipinski definition) is 4. The molecule has 1 aromatic heterocycles. The summed E-state index contributed by atoms with van der Waals surface area (Å²) in [7, 11) is 0. The molecule has 5 nitrogen and oxygen atoms in total. The molecule has 0 spiro atoms. The van der Waals surface area contributed by atoms with E-state index in [1.165, 1.54) is 12.3 Å². The number of benzene rings is 1. The van der Waals surface area contributed by atoms with Gasteiger partial charge in [-0.05, 0) is 29.3 Å². The quantitative estimate of drug-likeness (QED) is 0.793. The van der Waals surface area contributed by atoms with Crippen molar-refractivity contribution < 1.29 is 22.7 Å². The second kappa shape index (κ2) is 7.67. The lowest BCUT2D eigenvalue weighted by atomic mass is 10.1. The molecule has 0 radical (unpaired) electrons. The van der Waals surface area contributed by atoms with Crippen LogP contribution in [0.3, 0.4) is 0 Å². The summed E-state index contributed by atoms with van der Waals surface area (Å²) in [5, 5.41) is 2.69. The SMILES string of the molecule is Nc1ccc(CC(=O)NCc2ccnc(OCC(F)(F)F)c2)cc1. The molecule has 8 heteroatoms. The Morgan fingerprint density at radius 1 is 1.17 bits per heavy atom. The molecular formula is C16H16F3N3O2. The lowest BCUT2D eigenvalue weighted by Crippen LogP contribution is -2.24. The summed E-state index contributed by atoms with van der Waals surface area (Å²) in [6, 6.07) is 9.86. The van der Waals surface area contributed by atoms with Crippen LogP contribution in [-0.2, 0) is 17.8 Å². The van der Waals surface area contributed by atoms with Gasteiger partial charge >= 0.3 is 6.18 Å². The summed E-state index contributed by atoms with van der Waals surface area (Å²) in [4.78, 5) is 15.6. The van der Waals surface area contributed by atoms with Crippen molar-refractivity contribution in [2.45, 2.75) is 19.1 Å². The van der Waals surface area contributed by atoms with Crippen LogP contribution in [0.4, 0.5) is 18.9 Å². The molecular weight excluding hydrogens is 323 g/mol. The molecule has 24 heavy (non-hydrogen) atoms. The molecule has 0 saturated heterocycles. The minimum atomic E-state index is -4.43. The zero-order valence-electron chi connectivity index (χ0n) is 12.6. The highest BCUT2D eigenvalue weighted by atomic mass is 19.4. The highest BCUT2D eigenvalue weighted by Crippen LogP contribution is 2.17. The normalized spacial score (nSPS) is 11.1. The molecule has 0 fully saturated rings. The van der Waals surface area contributed by atoms with Crippen molar-refractivity contribution >= 4 is 11.6 Å². The van der Waals surface area contributed by atoms with Crippen LogP contribution in [-0.4, -0.2) is 23.7 Å². The van der Waals surface area contributed by atoms with E-state index in [1.807, 2.05) is 0 Å². The Labute approximate surface area is 136 Å². The number of nitrogens with two attached hydrogens (primary N) is 1. The molecule has 0 bridgehead atoms. The number of nitrogen functional groups attached to an aromatic ring is 1. The zero-order chi connectivity index (χ0) is 17.6. The van der Waals surface area contributed by atoms with E-state index >= 15 is 0 Å². The fourth-order valence-electron chi connectivity index (χ4n) is 1.88. The molecule has 0 aliphatic carbocycles. The van der Waals surface area contributed by atoms with Gasteiger partial charge in [-0.2, -0.15) is 13.2 Å². The first-order chi connectivity index (χ1) is 11.3. The lowest BCUT2D eigenvalue weighted by Gasteiger charge is -2.10. The molecule has 1 heterocycles. The van der Waals surface area contributed by atoms with Crippen LogP contribution in [0.25, 0.3) is 0 Å². The van der Waals surface area contributed by atoms with Crippen molar-refractivity contribution in [3.05, 3.63) is 53.7 Å². The highest BCUT2D eigenvalue weighted by molar-refractivity contribution is 5.78. The van der Waals surface area contributed by atoms with Gasteiger partial charge in [-0.3, -0.25) is 4.79 Å². The molecule has 0 saturated carbocycles. The second-order valence-electron chi connectivity index (χ2n) is 5.10. The average molecular weight is 339 g/mol. The minimum absolute atomic E-state index is 0.141. The van der Waals surface area contributed by atoms with Crippen LogP contribution in [0.5, 0.6) is 5.88 Å². The molecule has 1 amide bonds. The van der Waals surface area contributed by atoms with Gasteiger partial charge in [0.15, 0.2) is 6.61 Å². The van der Waals surface area contributed by atoms with E-state index < -0.39 is 12.8 Å². The topological polar surface area (TPSA) is 77.2 Å². The number of amides is 1. The zero-order valence-corrected chi connectivity index (χ0v) is 12.6. The maximum atomic E-state index is 12.1. The summed E-state index contributed by atoms with van der Waals surface area (Å²) in [5.41, 5.74) is 7.58.